The van der Waals surface area contributed by atoms with E-state index in [9.17, 15) is 0 Å². The molecule has 2 unspecified atom stereocenters. The van der Waals surface area contributed by atoms with Crippen molar-refractivity contribution in [1.29, 1.82) is 5.41 Å². The van der Waals surface area contributed by atoms with E-state index < -0.39 is 0 Å². The Kier molecular flexibility index (Phi) is 7.84. The molecule has 6 aliphatic carbocycles. The molecule has 2 aliphatic heterocycles. The molecule has 0 bridgehead atoms. The van der Waals surface area contributed by atoms with Crippen molar-refractivity contribution in [2.75, 3.05) is 0 Å². The van der Waals surface area contributed by atoms with Crippen LogP contribution in [0.1, 0.15) is 78.7 Å². The van der Waals surface area contributed by atoms with Crippen LogP contribution in [0.2, 0.25) is 0 Å². The van der Waals surface area contributed by atoms with Gasteiger partial charge in [0.15, 0.2) is 0 Å². The van der Waals surface area contributed by atoms with Crippen molar-refractivity contribution in [3.8, 4) is 5.75 Å². The molecular weight excluding hydrogens is 681 g/mol. The minimum absolute atomic E-state index is 0.197. The molecule has 0 radical (unpaired) electrons. The van der Waals surface area contributed by atoms with Crippen molar-refractivity contribution in [3.05, 3.63) is 230 Å². The Balaban J connectivity index is 1.00. The molecule has 11 rings (SSSR count). The van der Waals surface area contributed by atoms with Crippen molar-refractivity contribution >= 4 is 17.5 Å². The van der Waals surface area contributed by atoms with Crippen LogP contribution in [0.4, 0.5) is 0 Å². The second-order valence-corrected chi connectivity index (χ2v) is 16.0. The average Bonchev–Trinajstić information content (AvgIpc) is 3.90. The maximum absolute atomic E-state index is 8.52. The molecule has 0 fully saturated rings. The molecule has 0 saturated heterocycles. The second kappa shape index (κ2) is 13.2. The summed E-state index contributed by atoms with van der Waals surface area (Å²) in [6, 6.07) is 26.9. The fraction of sp³-hybridized carbons (Fsp3) is 0.189. The number of ether oxygens (including phenoxy) is 1. The Morgan fingerprint density at radius 1 is 0.750 bits per heavy atom. The summed E-state index contributed by atoms with van der Waals surface area (Å²) in [7, 11) is 0. The molecule has 0 amide bonds. The lowest BCUT2D eigenvalue weighted by Crippen LogP contribution is -2.37. The highest BCUT2D eigenvalue weighted by molar-refractivity contribution is 6.01. The fourth-order valence-corrected chi connectivity index (χ4v) is 10.7. The molecule has 2 atom stereocenters. The minimum atomic E-state index is -0.324. The largest absolute Gasteiger partial charge is 0.457 e. The molecule has 56 heavy (non-hydrogen) atoms. The lowest BCUT2D eigenvalue weighted by molar-refractivity contribution is 0.383. The third-order valence-electron chi connectivity index (χ3n) is 13.1. The number of hydrogen-bond donors (Lipinski definition) is 2. The normalized spacial score (nSPS) is 24.4. The molecule has 0 saturated carbocycles. The standard InChI is InChI=1S/C53H44N2O/c54-33-43(35-14-4-5-15-35)52-42-21-7-6-20-41(42)50(51(55-52)37-16-2-1-3-17-37)36-28-26-34(27-29-36)38-30-31-49-47(32-38)53(46-24-12-13-25-48(46)56-49)44-22-10-8-18-39(44)40-19-9-11-23-45(40)53/h1-4,6-7,10-16,20-31,33,37-38,54-55H,5,8-9,17-19,32H2/b52-43+,54-33?. The summed E-state index contributed by atoms with van der Waals surface area (Å²) in [6.45, 7) is 0. The van der Waals surface area contributed by atoms with Crippen molar-refractivity contribution in [1.82, 2.24) is 5.32 Å². The molecule has 2 heterocycles. The maximum Gasteiger partial charge on any atom is 0.132 e. The number of benzene rings is 3. The number of allylic oxidation sites excluding steroid dienone is 20. The Bertz CT molecular complexity index is 2580. The minimum Gasteiger partial charge on any atom is -0.457 e. The molecule has 3 aromatic rings. The first-order valence-corrected chi connectivity index (χ1v) is 20.4. The van der Waals surface area contributed by atoms with Crippen LogP contribution >= 0.6 is 0 Å². The van der Waals surface area contributed by atoms with Crippen LogP contribution < -0.4 is 10.1 Å². The Labute approximate surface area is 329 Å². The zero-order valence-electron chi connectivity index (χ0n) is 31.5. The maximum atomic E-state index is 8.52. The SMILES string of the molecule is N=C/C(C1=CCC=C1)=C1\NC(C2C=CC=CC2)=C(c2ccc(C3C=CC4=C(C3)C3(C5=C(CCC=C5)C5=C3C=CCC5)c3ccccc3O4)cc2)c2ccccc21. The molecule has 3 aromatic carbocycles. The predicted molar refractivity (Wildman–Crippen MR) is 229 cm³/mol. The van der Waals surface area contributed by atoms with Crippen molar-refractivity contribution in [2.45, 2.75) is 56.3 Å². The lowest BCUT2D eigenvalue weighted by Gasteiger charge is -2.44. The second-order valence-electron chi connectivity index (χ2n) is 16.0. The summed E-state index contributed by atoms with van der Waals surface area (Å²) in [4.78, 5) is 0. The van der Waals surface area contributed by atoms with E-state index in [1.54, 1.807) is 11.1 Å². The van der Waals surface area contributed by atoms with E-state index in [-0.39, 0.29) is 17.3 Å². The van der Waals surface area contributed by atoms with E-state index >= 15 is 0 Å². The van der Waals surface area contributed by atoms with Gasteiger partial charge in [0.25, 0.3) is 0 Å². The van der Waals surface area contributed by atoms with Gasteiger partial charge in [-0.3, -0.25) is 0 Å². The van der Waals surface area contributed by atoms with Crippen molar-refractivity contribution in [3.63, 3.8) is 0 Å². The van der Waals surface area contributed by atoms with Gasteiger partial charge < -0.3 is 15.5 Å². The van der Waals surface area contributed by atoms with Crippen molar-refractivity contribution in [2.24, 2.45) is 5.92 Å². The number of para-hydroxylation sites is 1. The number of rotatable bonds is 5. The molecule has 3 heteroatoms. The van der Waals surface area contributed by atoms with Crippen LogP contribution in [0, 0.1) is 11.3 Å². The summed E-state index contributed by atoms with van der Waals surface area (Å²) < 4.78 is 6.78. The summed E-state index contributed by atoms with van der Waals surface area (Å²) in [5.74, 6) is 2.41. The first-order chi connectivity index (χ1) is 27.7. The molecule has 3 nitrogen and oxygen atoms in total. The molecular formula is C53H44N2O. The first-order valence-electron chi connectivity index (χ1n) is 20.4. The zero-order valence-corrected chi connectivity index (χ0v) is 31.5. The number of nitrogens with one attached hydrogen (secondary N) is 2. The van der Waals surface area contributed by atoms with Gasteiger partial charge in [-0.1, -0.05) is 140 Å². The quantitative estimate of drug-likeness (QED) is 0.257. The van der Waals surface area contributed by atoms with E-state index in [0.717, 1.165) is 78.9 Å². The Morgan fingerprint density at radius 3 is 2.25 bits per heavy atom. The van der Waals surface area contributed by atoms with Crippen LogP contribution in [0.15, 0.2) is 202 Å². The third kappa shape index (κ3) is 4.93. The highest BCUT2D eigenvalue weighted by Crippen LogP contribution is 2.64. The van der Waals surface area contributed by atoms with Gasteiger partial charge in [-0.2, -0.15) is 0 Å². The van der Waals surface area contributed by atoms with E-state index in [2.05, 4.69) is 157 Å². The molecule has 0 aromatic heterocycles. The van der Waals surface area contributed by atoms with E-state index in [4.69, 9.17) is 10.1 Å². The van der Waals surface area contributed by atoms with Gasteiger partial charge in [0.1, 0.15) is 11.5 Å². The lowest BCUT2D eigenvalue weighted by atomic mass is 9.60. The molecule has 2 N–H and O–H groups in total. The molecule has 1 spiro atoms. The third-order valence-corrected chi connectivity index (χ3v) is 13.1. The molecule has 8 aliphatic rings. The highest BCUT2D eigenvalue weighted by atomic mass is 16.5. The van der Waals surface area contributed by atoms with E-state index in [1.165, 1.54) is 56.5 Å². The van der Waals surface area contributed by atoms with Gasteiger partial charge in [0, 0.05) is 46.0 Å². The van der Waals surface area contributed by atoms with Crippen molar-refractivity contribution < 1.29 is 4.74 Å². The van der Waals surface area contributed by atoms with Gasteiger partial charge in [-0.25, -0.2) is 0 Å². The summed E-state index contributed by atoms with van der Waals surface area (Å²) in [5.41, 5.74) is 18.8. The fourth-order valence-electron chi connectivity index (χ4n) is 10.7. The Hall–Kier alpha value is -6.19. The van der Waals surface area contributed by atoms with Crippen LogP contribution in [0.5, 0.6) is 5.75 Å². The Morgan fingerprint density at radius 2 is 1.52 bits per heavy atom. The first kappa shape index (κ1) is 33.2. The van der Waals surface area contributed by atoms with E-state index in [0.29, 0.717) is 0 Å². The molecule has 272 valence electrons. The van der Waals surface area contributed by atoms with Gasteiger partial charge >= 0.3 is 0 Å². The van der Waals surface area contributed by atoms with Crippen LogP contribution in [0.3, 0.4) is 0 Å². The number of hydrogen-bond acceptors (Lipinski definition) is 3. The monoisotopic (exact) mass is 724 g/mol. The highest BCUT2D eigenvalue weighted by Gasteiger charge is 2.54. The van der Waals surface area contributed by atoms with Gasteiger partial charge in [0.2, 0.25) is 0 Å². The smallest absolute Gasteiger partial charge is 0.132 e. The summed E-state index contributed by atoms with van der Waals surface area (Å²) in [5, 5.41) is 12.5. The van der Waals surface area contributed by atoms with Crippen LogP contribution in [-0.4, -0.2) is 6.21 Å². The summed E-state index contributed by atoms with van der Waals surface area (Å²) in [6.07, 6.45) is 38.4. The van der Waals surface area contributed by atoms with Gasteiger partial charge in [-0.05, 0) is 107 Å². The van der Waals surface area contributed by atoms with Gasteiger partial charge in [-0.15, -0.1) is 0 Å². The predicted octanol–water partition coefficient (Wildman–Crippen LogP) is 12.4. The van der Waals surface area contributed by atoms with Gasteiger partial charge in [0.05, 0.1) is 11.1 Å². The van der Waals surface area contributed by atoms with Crippen LogP contribution in [0.25, 0.3) is 11.3 Å². The summed E-state index contributed by atoms with van der Waals surface area (Å²) >= 11 is 0. The zero-order chi connectivity index (χ0) is 37.2. The average molecular weight is 725 g/mol. The number of fused-ring (bicyclic) bond motifs is 7. The van der Waals surface area contributed by atoms with Crippen LogP contribution in [-0.2, 0) is 5.41 Å². The topological polar surface area (TPSA) is 45.1 Å². The van der Waals surface area contributed by atoms with E-state index in [1.807, 2.05) is 0 Å².